The van der Waals surface area contributed by atoms with Gasteiger partial charge in [-0.1, -0.05) is 0 Å². The first-order valence-electron chi connectivity index (χ1n) is 8.80. The second-order valence-corrected chi connectivity index (χ2v) is 7.17. The quantitative estimate of drug-likeness (QED) is 0.834. The minimum absolute atomic E-state index is 0.215. The zero-order valence-electron chi connectivity index (χ0n) is 13.8. The van der Waals surface area contributed by atoms with Gasteiger partial charge in [-0.15, -0.1) is 0 Å². The number of nitrogens with zero attached hydrogens (tertiary/aromatic N) is 4. The molecular formula is C17H26N4O2. The summed E-state index contributed by atoms with van der Waals surface area (Å²) in [5.41, 5.74) is 0. The molecule has 126 valence electrons. The lowest BCUT2D eigenvalue weighted by Gasteiger charge is -2.40. The molecule has 3 aliphatic heterocycles. The van der Waals surface area contributed by atoms with Crippen LogP contribution >= 0.6 is 0 Å². The summed E-state index contributed by atoms with van der Waals surface area (Å²) in [6.07, 6.45) is 7.14. The number of hydrogen-bond donors (Lipinski definition) is 0. The maximum absolute atomic E-state index is 12.2. The molecule has 0 bridgehead atoms. The number of ether oxygens (including phenoxy) is 1. The molecule has 0 saturated carbocycles. The van der Waals surface area contributed by atoms with Crippen molar-refractivity contribution in [3.63, 3.8) is 0 Å². The fraction of sp³-hybridized carbons (Fsp3) is 0.765. The molecule has 0 aromatic carbocycles. The maximum atomic E-state index is 12.2. The third-order valence-corrected chi connectivity index (χ3v) is 5.79. The van der Waals surface area contributed by atoms with Crippen LogP contribution in [0.15, 0.2) is 18.5 Å². The fourth-order valence-corrected chi connectivity index (χ4v) is 4.80. The third kappa shape index (κ3) is 2.90. The first-order chi connectivity index (χ1) is 11.2. The Morgan fingerprint density at radius 1 is 1.39 bits per heavy atom. The molecule has 4 heterocycles. The molecule has 4 rings (SSSR count). The van der Waals surface area contributed by atoms with Crippen LogP contribution in [0.4, 0.5) is 0 Å². The summed E-state index contributed by atoms with van der Waals surface area (Å²) in [7, 11) is 0. The largest absolute Gasteiger partial charge is 0.380 e. The molecule has 1 amide bonds. The van der Waals surface area contributed by atoms with Gasteiger partial charge in [0.2, 0.25) is 5.91 Å². The Balaban J connectivity index is 1.47. The Labute approximate surface area is 137 Å². The van der Waals surface area contributed by atoms with Crippen molar-refractivity contribution in [2.24, 2.45) is 5.92 Å². The van der Waals surface area contributed by atoms with Crippen LogP contribution in [0.25, 0.3) is 0 Å². The van der Waals surface area contributed by atoms with Gasteiger partial charge in [0.15, 0.2) is 0 Å². The molecular weight excluding hydrogens is 292 g/mol. The Kier molecular flexibility index (Phi) is 4.11. The smallest absolute Gasteiger partial charge is 0.220 e. The summed E-state index contributed by atoms with van der Waals surface area (Å²) in [5, 5.41) is 4.32. The molecule has 6 heteroatoms. The molecule has 1 aromatic heterocycles. The first kappa shape index (κ1) is 15.1. The van der Waals surface area contributed by atoms with Gasteiger partial charge in [0, 0.05) is 51.1 Å². The van der Waals surface area contributed by atoms with Gasteiger partial charge in [0.1, 0.15) is 0 Å². The van der Waals surface area contributed by atoms with Crippen molar-refractivity contribution in [3.05, 3.63) is 18.5 Å². The number of fused-ring (bicyclic) bond motifs is 1. The van der Waals surface area contributed by atoms with E-state index in [0.29, 0.717) is 18.0 Å². The van der Waals surface area contributed by atoms with Crippen molar-refractivity contribution in [2.45, 2.75) is 50.9 Å². The molecule has 0 aliphatic carbocycles. The number of carbonyl (C=O) groups is 1. The summed E-state index contributed by atoms with van der Waals surface area (Å²) >= 11 is 0. The molecule has 3 saturated heterocycles. The van der Waals surface area contributed by atoms with Crippen LogP contribution in [0.2, 0.25) is 0 Å². The van der Waals surface area contributed by atoms with E-state index in [1.807, 2.05) is 23.1 Å². The molecule has 23 heavy (non-hydrogen) atoms. The van der Waals surface area contributed by atoms with E-state index in [0.717, 1.165) is 52.1 Å². The predicted octanol–water partition coefficient (Wildman–Crippen LogP) is 0.983. The van der Waals surface area contributed by atoms with Crippen LogP contribution in [-0.2, 0) is 16.1 Å². The minimum atomic E-state index is 0.215. The topological polar surface area (TPSA) is 50.6 Å². The normalized spacial score (nSPS) is 34.7. The standard InChI is InChI=1S/C17H26N4O2/c1-13(22)21-16(11-20-6-2-5-18-20)9-14-10-19(7-3-17(14)21)15-4-8-23-12-15/h2,5-6,14-17H,3-4,7-12H2,1H3/t14-,15?,16?,17+/m0/s1. The minimum Gasteiger partial charge on any atom is -0.380 e. The number of hydrogen-bond acceptors (Lipinski definition) is 4. The molecule has 3 fully saturated rings. The number of likely N-dealkylation sites (tertiary alicyclic amines) is 2. The van der Waals surface area contributed by atoms with E-state index in [2.05, 4.69) is 14.9 Å². The zero-order chi connectivity index (χ0) is 15.8. The van der Waals surface area contributed by atoms with Crippen molar-refractivity contribution in [1.29, 1.82) is 0 Å². The lowest BCUT2D eigenvalue weighted by atomic mass is 9.91. The molecule has 0 radical (unpaired) electrons. The Hall–Kier alpha value is -1.40. The Bertz CT molecular complexity index is 541. The third-order valence-electron chi connectivity index (χ3n) is 5.79. The Morgan fingerprint density at radius 2 is 2.30 bits per heavy atom. The summed E-state index contributed by atoms with van der Waals surface area (Å²) < 4.78 is 7.51. The molecule has 0 spiro atoms. The Morgan fingerprint density at radius 3 is 3.00 bits per heavy atom. The number of rotatable bonds is 3. The first-order valence-corrected chi connectivity index (χ1v) is 8.80. The zero-order valence-corrected chi connectivity index (χ0v) is 13.8. The van der Waals surface area contributed by atoms with E-state index < -0.39 is 0 Å². The summed E-state index contributed by atoms with van der Waals surface area (Å²) in [6.45, 7) is 6.51. The molecule has 1 aromatic rings. The number of carbonyl (C=O) groups excluding carboxylic acids is 1. The van der Waals surface area contributed by atoms with E-state index in [9.17, 15) is 4.79 Å². The highest BCUT2D eigenvalue weighted by atomic mass is 16.5. The van der Waals surface area contributed by atoms with Crippen molar-refractivity contribution < 1.29 is 9.53 Å². The van der Waals surface area contributed by atoms with Crippen molar-refractivity contribution in [1.82, 2.24) is 19.6 Å². The molecule has 6 nitrogen and oxygen atoms in total. The van der Waals surface area contributed by atoms with E-state index in [1.165, 1.54) is 0 Å². The highest BCUT2D eigenvalue weighted by molar-refractivity contribution is 5.74. The SMILES string of the molecule is CC(=O)N1C(Cn2cccn2)C[C@H]2CN(C3CCOC3)CC[C@H]21. The predicted molar refractivity (Wildman–Crippen MR) is 85.8 cm³/mol. The van der Waals surface area contributed by atoms with Crippen LogP contribution in [0.3, 0.4) is 0 Å². The van der Waals surface area contributed by atoms with Gasteiger partial charge in [0.25, 0.3) is 0 Å². The van der Waals surface area contributed by atoms with Gasteiger partial charge in [-0.25, -0.2) is 0 Å². The van der Waals surface area contributed by atoms with Crippen LogP contribution < -0.4 is 0 Å². The van der Waals surface area contributed by atoms with Crippen LogP contribution in [-0.4, -0.2) is 69.9 Å². The van der Waals surface area contributed by atoms with Crippen LogP contribution in [0, 0.1) is 5.92 Å². The van der Waals surface area contributed by atoms with E-state index in [4.69, 9.17) is 4.74 Å². The lowest BCUT2D eigenvalue weighted by Crippen LogP contribution is -2.51. The van der Waals surface area contributed by atoms with Gasteiger partial charge in [-0.2, -0.15) is 5.10 Å². The second kappa shape index (κ2) is 6.24. The van der Waals surface area contributed by atoms with Gasteiger partial charge >= 0.3 is 0 Å². The average Bonchev–Trinajstić information content (AvgIpc) is 3.27. The van der Waals surface area contributed by atoms with Crippen LogP contribution in [0.5, 0.6) is 0 Å². The van der Waals surface area contributed by atoms with Crippen molar-refractivity contribution >= 4 is 5.91 Å². The highest BCUT2D eigenvalue weighted by Gasteiger charge is 2.46. The monoisotopic (exact) mass is 318 g/mol. The summed E-state index contributed by atoms with van der Waals surface area (Å²) in [6, 6.07) is 3.22. The van der Waals surface area contributed by atoms with Gasteiger partial charge in [-0.05, 0) is 31.2 Å². The second-order valence-electron chi connectivity index (χ2n) is 7.17. The molecule has 4 atom stereocenters. The van der Waals surface area contributed by atoms with E-state index in [-0.39, 0.29) is 11.9 Å². The summed E-state index contributed by atoms with van der Waals surface area (Å²) in [4.78, 5) is 17.0. The van der Waals surface area contributed by atoms with Crippen molar-refractivity contribution in [2.75, 3.05) is 26.3 Å². The van der Waals surface area contributed by atoms with Gasteiger partial charge < -0.3 is 9.64 Å². The van der Waals surface area contributed by atoms with Gasteiger partial charge in [-0.3, -0.25) is 14.4 Å². The summed E-state index contributed by atoms with van der Waals surface area (Å²) in [5.74, 6) is 0.807. The number of piperidine rings is 1. The number of amides is 1. The van der Waals surface area contributed by atoms with E-state index >= 15 is 0 Å². The maximum Gasteiger partial charge on any atom is 0.220 e. The molecule has 0 N–H and O–H groups in total. The van der Waals surface area contributed by atoms with Crippen LogP contribution in [0.1, 0.15) is 26.2 Å². The lowest BCUT2D eigenvalue weighted by molar-refractivity contribution is -0.133. The molecule has 2 unspecified atom stereocenters. The highest BCUT2D eigenvalue weighted by Crippen LogP contribution is 2.37. The molecule has 3 aliphatic rings. The van der Waals surface area contributed by atoms with E-state index in [1.54, 1.807) is 6.92 Å². The average molecular weight is 318 g/mol. The number of aromatic nitrogens is 2. The fourth-order valence-electron chi connectivity index (χ4n) is 4.80. The van der Waals surface area contributed by atoms with Crippen molar-refractivity contribution in [3.8, 4) is 0 Å². The van der Waals surface area contributed by atoms with Gasteiger partial charge in [0.05, 0.1) is 19.2 Å².